The Bertz CT molecular complexity index is 458. The fourth-order valence-corrected chi connectivity index (χ4v) is 1.45. The van der Waals surface area contributed by atoms with Gasteiger partial charge in [0, 0.05) is 10.7 Å². The summed E-state index contributed by atoms with van der Waals surface area (Å²) in [7, 11) is 0. The van der Waals surface area contributed by atoms with Crippen molar-refractivity contribution in [1.82, 2.24) is 20.0 Å². The third-order valence-corrected chi connectivity index (χ3v) is 2.14. The first-order chi connectivity index (χ1) is 7.18. The van der Waals surface area contributed by atoms with Crippen molar-refractivity contribution in [2.75, 3.05) is 0 Å². The van der Waals surface area contributed by atoms with Gasteiger partial charge in [-0.25, -0.2) is 13.8 Å². The molecule has 0 saturated heterocycles. The molecule has 0 aliphatic rings. The summed E-state index contributed by atoms with van der Waals surface area (Å²) in [6, 6.07) is 1.30. The largest absolute Gasteiger partial charge is 0.267 e. The number of aromatic nitrogens is 4. The Balaban J connectivity index is 2.56. The maximum absolute atomic E-state index is 12.7. The molecule has 7 heteroatoms. The maximum atomic E-state index is 12.7. The number of hydrogen-bond donors (Lipinski definition) is 0. The molecule has 0 aromatic carbocycles. The summed E-state index contributed by atoms with van der Waals surface area (Å²) < 4.78 is 25.8. The molecule has 78 valence electrons. The average molecular weight is 275 g/mol. The smallest absolute Gasteiger partial charge is 0.234 e. The Morgan fingerprint density at radius 2 is 1.93 bits per heavy atom. The fourth-order valence-electron chi connectivity index (χ4n) is 1.10. The van der Waals surface area contributed by atoms with E-state index in [0.29, 0.717) is 4.47 Å². The van der Waals surface area contributed by atoms with E-state index in [-0.39, 0.29) is 11.4 Å². The van der Waals surface area contributed by atoms with E-state index in [4.69, 9.17) is 0 Å². The molecule has 2 aromatic rings. The van der Waals surface area contributed by atoms with E-state index in [1.54, 1.807) is 0 Å². The van der Waals surface area contributed by atoms with Crippen LogP contribution in [0.25, 0.3) is 5.82 Å². The van der Waals surface area contributed by atoms with Crippen LogP contribution in [-0.2, 0) is 0 Å². The molecule has 2 rings (SSSR count). The number of halogens is 3. The van der Waals surface area contributed by atoms with Gasteiger partial charge in [0.1, 0.15) is 0 Å². The van der Waals surface area contributed by atoms with Crippen LogP contribution in [0.3, 0.4) is 0 Å². The Labute approximate surface area is 92.1 Å². The molecule has 0 unspecified atom stereocenters. The van der Waals surface area contributed by atoms with Crippen LogP contribution >= 0.6 is 15.9 Å². The van der Waals surface area contributed by atoms with E-state index in [0.717, 1.165) is 4.80 Å². The fraction of sp³-hybridized carbons (Fsp3) is 0.125. The summed E-state index contributed by atoms with van der Waals surface area (Å²) in [5.74, 6) is 0.0400. The van der Waals surface area contributed by atoms with Crippen molar-refractivity contribution in [2.24, 2.45) is 0 Å². The summed E-state index contributed by atoms with van der Waals surface area (Å²) >= 11 is 3.08. The molecule has 0 bridgehead atoms. The second-order valence-electron chi connectivity index (χ2n) is 2.69. The molecule has 2 aromatic heterocycles. The quantitative estimate of drug-likeness (QED) is 0.845. The SMILES string of the molecule is FC(F)c1cc(Br)cnc1-n1nccn1. The molecule has 0 aliphatic carbocycles. The van der Waals surface area contributed by atoms with Crippen molar-refractivity contribution >= 4 is 15.9 Å². The highest BCUT2D eigenvalue weighted by atomic mass is 79.9. The van der Waals surface area contributed by atoms with E-state index in [9.17, 15) is 8.78 Å². The Morgan fingerprint density at radius 3 is 2.53 bits per heavy atom. The predicted octanol–water partition coefficient (Wildman–Crippen LogP) is 2.36. The number of rotatable bonds is 2. The lowest BCUT2D eigenvalue weighted by atomic mass is 10.3. The summed E-state index contributed by atoms with van der Waals surface area (Å²) in [5, 5.41) is 7.51. The zero-order chi connectivity index (χ0) is 10.8. The molecule has 0 N–H and O–H groups in total. The number of pyridine rings is 1. The summed E-state index contributed by atoms with van der Waals surface area (Å²) in [5.41, 5.74) is -0.208. The predicted molar refractivity (Wildman–Crippen MR) is 51.8 cm³/mol. The van der Waals surface area contributed by atoms with E-state index in [2.05, 4.69) is 31.1 Å². The number of nitrogens with zero attached hydrogens (tertiary/aromatic N) is 4. The van der Waals surface area contributed by atoms with Gasteiger partial charge in [0.25, 0.3) is 6.43 Å². The Morgan fingerprint density at radius 1 is 1.27 bits per heavy atom. The van der Waals surface area contributed by atoms with Crippen LogP contribution in [0.2, 0.25) is 0 Å². The van der Waals surface area contributed by atoms with E-state index in [1.807, 2.05) is 0 Å². The van der Waals surface area contributed by atoms with Gasteiger partial charge in [-0.3, -0.25) is 0 Å². The normalized spacial score (nSPS) is 10.9. The van der Waals surface area contributed by atoms with Gasteiger partial charge in [-0.05, 0) is 22.0 Å². The lowest BCUT2D eigenvalue weighted by Gasteiger charge is -2.06. The molecule has 0 amide bonds. The van der Waals surface area contributed by atoms with Gasteiger partial charge in [-0.1, -0.05) is 0 Å². The monoisotopic (exact) mass is 274 g/mol. The van der Waals surface area contributed by atoms with Gasteiger partial charge < -0.3 is 0 Å². The van der Waals surface area contributed by atoms with Crippen LogP contribution in [-0.4, -0.2) is 20.0 Å². The average Bonchev–Trinajstić information content (AvgIpc) is 2.70. The van der Waals surface area contributed by atoms with Gasteiger partial charge >= 0.3 is 0 Å². The first-order valence-corrected chi connectivity index (χ1v) is 4.78. The van der Waals surface area contributed by atoms with Crippen molar-refractivity contribution < 1.29 is 8.78 Å². The molecular formula is C8H5BrF2N4. The molecule has 0 fully saturated rings. The summed E-state index contributed by atoms with van der Waals surface area (Å²) in [6.45, 7) is 0. The highest BCUT2D eigenvalue weighted by Gasteiger charge is 2.17. The van der Waals surface area contributed by atoms with Crippen molar-refractivity contribution in [2.45, 2.75) is 6.43 Å². The molecule has 4 nitrogen and oxygen atoms in total. The minimum atomic E-state index is -2.61. The first kappa shape index (κ1) is 10.2. The van der Waals surface area contributed by atoms with Crippen LogP contribution in [0.5, 0.6) is 0 Å². The molecule has 2 heterocycles. The minimum absolute atomic E-state index is 0.0400. The van der Waals surface area contributed by atoms with Gasteiger partial charge in [-0.15, -0.1) is 4.80 Å². The molecule has 0 aliphatic heterocycles. The van der Waals surface area contributed by atoms with Gasteiger partial charge in [0.2, 0.25) is 0 Å². The second kappa shape index (κ2) is 4.01. The van der Waals surface area contributed by atoms with Crippen LogP contribution in [0.15, 0.2) is 29.1 Å². The molecule has 15 heavy (non-hydrogen) atoms. The van der Waals surface area contributed by atoms with Crippen molar-refractivity contribution in [1.29, 1.82) is 0 Å². The molecule has 0 radical (unpaired) electrons. The number of hydrogen-bond acceptors (Lipinski definition) is 3. The maximum Gasteiger partial charge on any atom is 0.267 e. The van der Waals surface area contributed by atoms with E-state index in [1.165, 1.54) is 24.7 Å². The lowest BCUT2D eigenvalue weighted by molar-refractivity contribution is 0.150. The highest BCUT2D eigenvalue weighted by Crippen LogP contribution is 2.26. The second-order valence-corrected chi connectivity index (χ2v) is 3.60. The summed E-state index contributed by atoms with van der Waals surface area (Å²) in [6.07, 6.45) is 1.61. The lowest BCUT2D eigenvalue weighted by Crippen LogP contribution is -2.06. The van der Waals surface area contributed by atoms with Crippen molar-refractivity contribution in [3.63, 3.8) is 0 Å². The summed E-state index contributed by atoms with van der Waals surface area (Å²) in [4.78, 5) is 4.92. The van der Waals surface area contributed by atoms with Crippen LogP contribution in [0, 0.1) is 0 Å². The zero-order valence-corrected chi connectivity index (χ0v) is 8.90. The minimum Gasteiger partial charge on any atom is -0.234 e. The van der Waals surface area contributed by atoms with Crippen LogP contribution in [0.1, 0.15) is 12.0 Å². The van der Waals surface area contributed by atoms with Gasteiger partial charge in [-0.2, -0.15) is 10.2 Å². The Hall–Kier alpha value is -1.37. The molecule has 0 spiro atoms. The molecular weight excluding hydrogens is 270 g/mol. The topological polar surface area (TPSA) is 43.6 Å². The van der Waals surface area contributed by atoms with Crippen LogP contribution < -0.4 is 0 Å². The highest BCUT2D eigenvalue weighted by molar-refractivity contribution is 9.10. The first-order valence-electron chi connectivity index (χ1n) is 3.99. The van der Waals surface area contributed by atoms with Crippen molar-refractivity contribution in [3.05, 3.63) is 34.7 Å². The molecule has 0 atom stereocenters. The zero-order valence-electron chi connectivity index (χ0n) is 7.31. The third-order valence-electron chi connectivity index (χ3n) is 1.71. The van der Waals surface area contributed by atoms with Gasteiger partial charge in [0.15, 0.2) is 5.82 Å². The van der Waals surface area contributed by atoms with Crippen molar-refractivity contribution in [3.8, 4) is 5.82 Å². The Kier molecular flexibility index (Phi) is 2.72. The number of alkyl halides is 2. The van der Waals surface area contributed by atoms with E-state index < -0.39 is 6.43 Å². The van der Waals surface area contributed by atoms with Crippen LogP contribution in [0.4, 0.5) is 8.78 Å². The standard InChI is InChI=1S/C8H5BrF2N4/c9-5-3-6(7(10)11)8(12-4-5)15-13-1-2-14-15/h1-4,7H. The third kappa shape index (κ3) is 2.01. The van der Waals surface area contributed by atoms with Gasteiger partial charge in [0.05, 0.1) is 18.0 Å². The molecule has 0 saturated carbocycles. The van der Waals surface area contributed by atoms with E-state index >= 15 is 0 Å².